The molecule has 1 aromatic carbocycles. The lowest BCUT2D eigenvalue weighted by molar-refractivity contribution is 0.102. The van der Waals surface area contributed by atoms with E-state index in [-0.39, 0.29) is 5.91 Å². The van der Waals surface area contributed by atoms with Crippen molar-refractivity contribution < 1.29 is 4.79 Å². The number of hydrogen-bond acceptors (Lipinski definition) is 2. The van der Waals surface area contributed by atoms with Gasteiger partial charge in [0.05, 0.1) is 6.20 Å². The van der Waals surface area contributed by atoms with E-state index in [2.05, 4.69) is 31.4 Å². The lowest BCUT2D eigenvalue weighted by atomic mass is 10.1. The van der Waals surface area contributed by atoms with Crippen LogP contribution in [-0.2, 0) is 11.8 Å². The van der Waals surface area contributed by atoms with Gasteiger partial charge in [0.1, 0.15) is 5.82 Å². The molecule has 4 nitrogen and oxygen atoms in total. The summed E-state index contributed by atoms with van der Waals surface area (Å²) in [5.74, 6) is 0.544. The number of amides is 1. The fourth-order valence-corrected chi connectivity index (χ4v) is 1.99. The highest BCUT2D eigenvalue weighted by molar-refractivity contribution is 9.08. The third-order valence-electron chi connectivity index (χ3n) is 2.71. The van der Waals surface area contributed by atoms with Crippen LogP contribution in [0.3, 0.4) is 0 Å². The highest BCUT2D eigenvalue weighted by Gasteiger charge is 2.09. The van der Waals surface area contributed by atoms with E-state index in [1.807, 2.05) is 31.2 Å². The molecule has 0 spiro atoms. The largest absolute Gasteiger partial charge is 0.307 e. The maximum Gasteiger partial charge on any atom is 0.256 e. The van der Waals surface area contributed by atoms with Crippen LogP contribution >= 0.6 is 15.9 Å². The predicted octanol–water partition coefficient (Wildman–Crippen LogP) is 3.12. The van der Waals surface area contributed by atoms with Crippen LogP contribution in [0.25, 0.3) is 0 Å². The molecule has 0 saturated carbocycles. The Balaban J connectivity index is 2.11. The van der Waals surface area contributed by atoms with Gasteiger partial charge in [0.15, 0.2) is 0 Å². The summed E-state index contributed by atoms with van der Waals surface area (Å²) in [6, 6.07) is 7.48. The number of hydrogen-bond donors (Lipinski definition) is 2. The number of aromatic nitrogens is 2. The zero-order chi connectivity index (χ0) is 13.0. The van der Waals surface area contributed by atoms with Crippen LogP contribution in [0.1, 0.15) is 28.4 Å². The molecule has 0 aliphatic heterocycles. The van der Waals surface area contributed by atoms with Crippen LogP contribution in [0.15, 0.2) is 30.5 Å². The number of nitrogens with one attached hydrogen (secondary N) is 2. The van der Waals surface area contributed by atoms with Crippen molar-refractivity contribution in [3.8, 4) is 0 Å². The molecule has 0 atom stereocenters. The SMILES string of the molecule is CCc1cn[nH]c1NC(=O)c1ccc(CBr)cc1. The highest BCUT2D eigenvalue weighted by Crippen LogP contribution is 2.14. The van der Waals surface area contributed by atoms with Gasteiger partial charge in [-0.1, -0.05) is 35.0 Å². The molecule has 18 heavy (non-hydrogen) atoms. The first-order chi connectivity index (χ1) is 8.74. The van der Waals surface area contributed by atoms with E-state index in [1.165, 1.54) is 0 Å². The fraction of sp³-hybridized carbons (Fsp3) is 0.231. The molecular weight excluding hydrogens is 294 g/mol. The topological polar surface area (TPSA) is 57.8 Å². The smallest absolute Gasteiger partial charge is 0.256 e. The maximum absolute atomic E-state index is 12.0. The number of carbonyl (C=O) groups is 1. The maximum atomic E-state index is 12.0. The summed E-state index contributed by atoms with van der Waals surface area (Å²) < 4.78 is 0. The quantitative estimate of drug-likeness (QED) is 0.853. The van der Waals surface area contributed by atoms with Crippen molar-refractivity contribution in [3.05, 3.63) is 47.2 Å². The van der Waals surface area contributed by atoms with Crippen LogP contribution in [0.4, 0.5) is 5.82 Å². The Morgan fingerprint density at radius 1 is 1.39 bits per heavy atom. The standard InChI is InChI=1S/C13H14BrN3O/c1-2-10-8-15-17-12(10)16-13(18)11-5-3-9(7-14)4-6-11/h3-6,8H,2,7H2,1H3,(H2,15,16,17,18). The number of benzene rings is 1. The number of alkyl halides is 1. The summed E-state index contributed by atoms with van der Waals surface area (Å²) in [6.07, 6.45) is 2.55. The fourth-order valence-electron chi connectivity index (χ4n) is 1.62. The van der Waals surface area contributed by atoms with E-state index in [4.69, 9.17) is 0 Å². The number of rotatable bonds is 4. The molecule has 94 valence electrons. The number of halogens is 1. The first kappa shape index (κ1) is 12.8. The molecule has 2 N–H and O–H groups in total. The van der Waals surface area contributed by atoms with Crippen LogP contribution in [0.2, 0.25) is 0 Å². The summed E-state index contributed by atoms with van der Waals surface area (Å²) in [5.41, 5.74) is 2.78. The second-order valence-electron chi connectivity index (χ2n) is 3.91. The number of aromatic amines is 1. The Bertz CT molecular complexity index is 533. The van der Waals surface area contributed by atoms with Gasteiger partial charge < -0.3 is 5.32 Å². The van der Waals surface area contributed by atoms with Crippen molar-refractivity contribution >= 4 is 27.7 Å². The Hall–Kier alpha value is -1.62. The zero-order valence-corrected chi connectivity index (χ0v) is 11.6. The minimum Gasteiger partial charge on any atom is -0.307 e. The predicted molar refractivity (Wildman–Crippen MR) is 75.0 cm³/mol. The summed E-state index contributed by atoms with van der Waals surface area (Å²) >= 11 is 3.37. The van der Waals surface area contributed by atoms with Crippen LogP contribution in [0, 0.1) is 0 Å². The van der Waals surface area contributed by atoms with E-state index in [0.29, 0.717) is 11.4 Å². The molecule has 5 heteroatoms. The van der Waals surface area contributed by atoms with Gasteiger partial charge in [-0.25, -0.2) is 0 Å². The molecule has 0 aliphatic rings. The van der Waals surface area contributed by atoms with Gasteiger partial charge in [-0.2, -0.15) is 5.10 Å². The third-order valence-corrected chi connectivity index (χ3v) is 3.36. The highest BCUT2D eigenvalue weighted by atomic mass is 79.9. The van der Waals surface area contributed by atoms with Gasteiger partial charge >= 0.3 is 0 Å². The van der Waals surface area contributed by atoms with Crippen molar-refractivity contribution in [1.29, 1.82) is 0 Å². The number of H-pyrrole nitrogens is 1. The molecule has 0 saturated heterocycles. The van der Waals surface area contributed by atoms with Gasteiger partial charge in [0.2, 0.25) is 0 Å². The average molecular weight is 308 g/mol. The molecule has 0 radical (unpaired) electrons. The molecule has 0 bridgehead atoms. The number of anilines is 1. The summed E-state index contributed by atoms with van der Waals surface area (Å²) in [6.45, 7) is 2.02. The molecular formula is C13H14BrN3O. The number of carbonyl (C=O) groups excluding carboxylic acids is 1. The van der Waals surface area contributed by atoms with Crippen LogP contribution < -0.4 is 5.32 Å². The second kappa shape index (κ2) is 5.82. The normalized spacial score (nSPS) is 10.3. The average Bonchev–Trinajstić information content (AvgIpc) is 2.86. The molecule has 0 fully saturated rings. The molecule has 2 rings (SSSR count). The summed E-state index contributed by atoms with van der Waals surface area (Å²) in [7, 11) is 0. The Labute approximate surface area is 114 Å². The molecule has 1 heterocycles. The number of aryl methyl sites for hydroxylation is 1. The monoisotopic (exact) mass is 307 g/mol. The van der Waals surface area contributed by atoms with Crippen molar-refractivity contribution in [3.63, 3.8) is 0 Å². The van der Waals surface area contributed by atoms with Crippen molar-refractivity contribution in [2.75, 3.05) is 5.32 Å². The third kappa shape index (κ3) is 2.79. The molecule has 0 unspecified atom stereocenters. The second-order valence-corrected chi connectivity index (χ2v) is 4.47. The molecule has 2 aromatic rings. The van der Waals surface area contributed by atoms with Gasteiger partial charge in [0, 0.05) is 16.5 Å². The van der Waals surface area contributed by atoms with Crippen molar-refractivity contribution in [1.82, 2.24) is 10.2 Å². The van der Waals surface area contributed by atoms with Gasteiger partial charge in [-0.15, -0.1) is 0 Å². The van der Waals surface area contributed by atoms with E-state index < -0.39 is 0 Å². The van der Waals surface area contributed by atoms with Gasteiger partial charge in [-0.05, 0) is 24.1 Å². The minimum absolute atomic E-state index is 0.130. The number of nitrogens with zero attached hydrogens (tertiary/aromatic N) is 1. The first-order valence-electron chi connectivity index (χ1n) is 5.73. The Morgan fingerprint density at radius 3 is 2.72 bits per heavy atom. The van der Waals surface area contributed by atoms with Crippen LogP contribution in [-0.4, -0.2) is 16.1 Å². The molecule has 0 aliphatic carbocycles. The molecule has 1 aromatic heterocycles. The summed E-state index contributed by atoms with van der Waals surface area (Å²) in [5, 5.41) is 10.3. The van der Waals surface area contributed by atoms with E-state index >= 15 is 0 Å². The lowest BCUT2D eigenvalue weighted by Gasteiger charge is -2.05. The van der Waals surface area contributed by atoms with Crippen molar-refractivity contribution in [2.45, 2.75) is 18.7 Å². The zero-order valence-electron chi connectivity index (χ0n) is 10.0. The van der Waals surface area contributed by atoms with Crippen molar-refractivity contribution in [2.24, 2.45) is 0 Å². The minimum atomic E-state index is -0.130. The lowest BCUT2D eigenvalue weighted by Crippen LogP contribution is -2.13. The van der Waals surface area contributed by atoms with E-state index in [1.54, 1.807) is 6.20 Å². The Kier molecular flexibility index (Phi) is 4.15. The first-order valence-corrected chi connectivity index (χ1v) is 6.85. The Morgan fingerprint density at radius 2 is 2.11 bits per heavy atom. The van der Waals surface area contributed by atoms with Gasteiger partial charge in [0.25, 0.3) is 5.91 Å². The van der Waals surface area contributed by atoms with Gasteiger partial charge in [-0.3, -0.25) is 9.89 Å². The van der Waals surface area contributed by atoms with E-state index in [9.17, 15) is 4.79 Å². The summed E-state index contributed by atoms with van der Waals surface area (Å²) in [4.78, 5) is 12.0. The van der Waals surface area contributed by atoms with E-state index in [0.717, 1.165) is 22.9 Å². The molecule has 1 amide bonds. The van der Waals surface area contributed by atoms with Crippen LogP contribution in [0.5, 0.6) is 0 Å².